The van der Waals surface area contributed by atoms with Crippen molar-refractivity contribution in [2.45, 2.75) is 32.7 Å². The van der Waals surface area contributed by atoms with Gasteiger partial charge in [0.1, 0.15) is 0 Å². The standard InChI is InChI=1S/C18H18N2OS/c1-12-5-8-15(13(2)10-12)19-18-20(14-6-7-14)16(11-22-18)17-4-3-9-21-17/h3-5,8-11,14H,6-7H2,1-2H3. The number of aryl methyl sites for hydroxylation is 2. The van der Waals surface area contributed by atoms with E-state index in [1.807, 2.05) is 12.1 Å². The minimum absolute atomic E-state index is 0.566. The Hall–Kier alpha value is -2.07. The summed E-state index contributed by atoms with van der Waals surface area (Å²) in [7, 11) is 0. The summed E-state index contributed by atoms with van der Waals surface area (Å²) in [5, 5.41) is 2.15. The molecule has 0 atom stereocenters. The predicted molar refractivity (Wildman–Crippen MR) is 89.4 cm³/mol. The highest BCUT2D eigenvalue weighted by Gasteiger charge is 2.28. The minimum atomic E-state index is 0.566. The molecule has 0 aliphatic heterocycles. The molecule has 0 unspecified atom stereocenters. The maximum atomic E-state index is 5.59. The van der Waals surface area contributed by atoms with Crippen LogP contribution in [0.5, 0.6) is 0 Å². The fraction of sp³-hybridized carbons (Fsp3) is 0.278. The van der Waals surface area contributed by atoms with Gasteiger partial charge in [0.2, 0.25) is 0 Å². The average Bonchev–Trinajstić information content (AvgIpc) is 3.02. The Morgan fingerprint density at radius 3 is 2.77 bits per heavy atom. The van der Waals surface area contributed by atoms with Crippen LogP contribution in [0.25, 0.3) is 11.5 Å². The van der Waals surface area contributed by atoms with Gasteiger partial charge in [0.05, 0.1) is 17.6 Å². The van der Waals surface area contributed by atoms with Gasteiger partial charge in [0.25, 0.3) is 0 Å². The van der Waals surface area contributed by atoms with E-state index in [4.69, 9.17) is 9.41 Å². The topological polar surface area (TPSA) is 30.4 Å². The summed E-state index contributed by atoms with van der Waals surface area (Å²) in [5.41, 5.74) is 4.68. The fourth-order valence-electron chi connectivity index (χ4n) is 2.73. The molecule has 1 fully saturated rings. The second kappa shape index (κ2) is 5.29. The molecule has 0 N–H and O–H groups in total. The number of thiazole rings is 1. The van der Waals surface area contributed by atoms with E-state index in [9.17, 15) is 0 Å². The van der Waals surface area contributed by atoms with E-state index in [1.54, 1.807) is 17.6 Å². The first-order chi connectivity index (χ1) is 10.7. The lowest BCUT2D eigenvalue weighted by Gasteiger charge is -2.06. The monoisotopic (exact) mass is 310 g/mol. The van der Waals surface area contributed by atoms with E-state index in [1.165, 1.54) is 24.0 Å². The number of rotatable bonds is 3. The Labute approximate surface area is 133 Å². The van der Waals surface area contributed by atoms with Crippen LogP contribution in [-0.4, -0.2) is 4.57 Å². The van der Waals surface area contributed by atoms with Gasteiger partial charge in [-0.1, -0.05) is 17.7 Å². The van der Waals surface area contributed by atoms with Crippen molar-refractivity contribution >= 4 is 17.0 Å². The second-order valence-corrected chi connectivity index (χ2v) is 6.72. The smallest absolute Gasteiger partial charge is 0.190 e. The van der Waals surface area contributed by atoms with Crippen LogP contribution < -0.4 is 4.80 Å². The molecule has 22 heavy (non-hydrogen) atoms. The molecular formula is C18H18N2OS. The van der Waals surface area contributed by atoms with Crippen LogP contribution in [0, 0.1) is 13.8 Å². The van der Waals surface area contributed by atoms with Crippen LogP contribution in [0.3, 0.4) is 0 Å². The van der Waals surface area contributed by atoms with Crippen LogP contribution in [-0.2, 0) is 0 Å². The number of furan rings is 1. The van der Waals surface area contributed by atoms with Gasteiger partial charge >= 0.3 is 0 Å². The molecule has 2 aromatic heterocycles. The zero-order chi connectivity index (χ0) is 15.1. The molecule has 1 aromatic carbocycles. The highest BCUT2D eigenvalue weighted by molar-refractivity contribution is 7.07. The quantitative estimate of drug-likeness (QED) is 0.670. The Bertz CT molecular complexity index is 867. The van der Waals surface area contributed by atoms with Gasteiger partial charge < -0.3 is 8.98 Å². The summed E-state index contributed by atoms with van der Waals surface area (Å²) in [4.78, 5) is 5.97. The number of benzene rings is 1. The van der Waals surface area contributed by atoms with Crippen molar-refractivity contribution in [2.75, 3.05) is 0 Å². The summed E-state index contributed by atoms with van der Waals surface area (Å²) in [6.45, 7) is 4.23. The molecule has 1 aliphatic carbocycles. The SMILES string of the molecule is Cc1ccc(N=c2scc(-c3ccco3)n2C2CC2)c(C)c1. The molecule has 0 amide bonds. The Morgan fingerprint density at radius 1 is 1.23 bits per heavy atom. The lowest BCUT2D eigenvalue weighted by atomic mass is 10.1. The molecule has 2 heterocycles. The molecule has 4 rings (SSSR count). The molecule has 0 radical (unpaired) electrons. The van der Waals surface area contributed by atoms with Crippen LogP contribution in [0.4, 0.5) is 5.69 Å². The first-order valence-corrected chi connectivity index (χ1v) is 8.46. The molecule has 112 valence electrons. The molecular weight excluding hydrogens is 292 g/mol. The van der Waals surface area contributed by atoms with Gasteiger partial charge in [-0.2, -0.15) is 0 Å². The summed E-state index contributed by atoms with van der Waals surface area (Å²) >= 11 is 1.69. The van der Waals surface area contributed by atoms with Crippen molar-refractivity contribution in [1.29, 1.82) is 0 Å². The zero-order valence-corrected chi connectivity index (χ0v) is 13.6. The summed E-state index contributed by atoms with van der Waals surface area (Å²) in [6.07, 6.45) is 4.18. The largest absolute Gasteiger partial charge is 0.463 e. The van der Waals surface area contributed by atoms with Crippen molar-refractivity contribution in [3.8, 4) is 11.5 Å². The molecule has 0 saturated heterocycles. The Balaban J connectivity index is 1.87. The molecule has 0 bridgehead atoms. The van der Waals surface area contributed by atoms with E-state index in [-0.39, 0.29) is 0 Å². The first-order valence-electron chi connectivity index (χ1n) is 7.58. The van der Waals surface area contributed by atoms with Gasteiger partial charge in [-0.15, -0.1) is 11.3 Å². The summed E-state index contributed by atoms with van der Waals surface area (Å²) in [5.74, 6) is 0.922. The lowest BCUT2D eigenvalue weighted by molar-refractivity contribution is 0.570. The fourth-order valence-corrected chi connectivity index (χ4v) is 3.68. The normalized spacial score (nSPS) is 15.5. The number of hydrogen-bond acceptors (Lipinski definition) is 3. The van der Waals surface area contributed by atoms with Crippen LogP contribution >= 0.6 is 11.3 Å². The van der Waals surface area contributed by atoms with Gasteiger partial charge in [0.15, 0.2) is 10.6 Å². The molecule has 3 nitrogen and oxygen atoms in total. The van der Waals surface area contributed by atoms with E-state index in [0.29, 0.717) is 6.04 Å². The maximum absolute atomic E-state index is 5.59. The van der Waals surface area contributed by atoms with E-state index in [2.05, 4.69) is 42.0 Å². The number of nitrogens with zero attached hydrogens (tertiary/aromatic N) is 2. The first kappa shape index (κ1) is 13.6. The van der Waals surface area contributed by atoms with Gasteiger partial charge in [0, 0.05) is 11.4 Å². The maximum Gasteiger partial charge on any atom is 0.190 e. The van der Waals surface area contributed by atoms with Gasteiger partial charge in [-0.25, -0.2) is 4.99 Å². The Kier molecular flexibility index (Phi) is 3.26. The van der Waals surface area contributed by atoms with Crippen molar-refractivity contribution in [3.05, 3.63) is 57.9 Å². The van der Waals surface area contributed by atoms with E-state index < -0.39 is 0 Å². The average molecular weight is 310 g/mol. The predicted octanol–water partition coefficient (Wildman–Crippen LogP) is 4.99. The van der Waals surface area contributed by atoms with Crippen molar-refractivity contribution < 1.29 is 4.42 Å². The van der Waals surface area contributed by atoms with E-state index >= 15 is 0 Å². The molecule has 0 spiro atoms. The lowest BCUT2D eigenvalue weighted by Crippen LogP contribution is -2.14. The third kappa shape index (κ3) is 2.44. The number of aromatic nitrogens is 1. The van der Waals surface area contributed by atoms with Crippen molar-refractivity contribution in [1.82, 2.24) is 4.57 Å². The van der Waals surface area contributed by atoms with Crippen LogP contribution in [0.2, 0.25) is 0 Å². The minimum Gasteiger partial charge on any atom is -0.463 e. The molecule has 3 aromatic rings. The Morgan fingerprint density at radius 2 is 2.09 bits per heavy atom. The highest BCUT2D eigenvalue weighted by atomic mass is 32.1. The summed E-state index contributed by atoms with van der Waals surface area (Å²) in [6, 6.07) is 10.9. The second-order valence-electron chi connectivity index (χ2n) is 5.88. The third-order valence-electron chi connectivity index (χ3n) is 4.00. The molecule has 1 saturated carbocycles. The highest BCUT2D eigenvalue weighted by Crippen LogP contribution is 2.38. The zero-order valence-electron chi connectivity index (χ0n) is 12.7. The molecule has 1 aliphatic rings. The van der Waals surface area contributed by atoms with Crippen LogP contribution in [0.15, 0.2) is 51.4 Å². The van der Waals surface area contributed by atoms with Gasteiger partial charge in [-0.05, 0) is 50.5 Å². The van der Waals surface area contributed by atoms with E-state index in [0.717, 1.165) is 21.9 Å². The number of hydrogen-bond donors (Lipinski definition) is 0. The van der Waals surface area contributed by atoms with Gasteiger partial charge in [-0.3, -0.25) is 0 Å². The molecule has 4 heteroatoms. The van der Waals surface area contributed by atoms with Crippen molar-refractivity contribution in [3.63, 3.8) is 0 Å². The van der Waals surface area contributed by atoms with Crippen molar-refractivity contribution in [2.24, 2.45) is 4.99 Å². The third-order valence-corrected chi connectivity index (χ3v) is 4.84. The van der Waals surface area contributed by atoms with Crippen LogP contribution in [0.1, 0.15) is 30.0 Å². The summed E-state index contributed by atoms with van der Waals surface area (Å²) < 4.78 is 7.92.